The monoisotopic (exact) mass is 285 g/mol. The highest BCUT2D eigenvalue weighted by Gasteiger charge is 2.14. The zero-order valence-electron chi connectivity index (χ0n) is 13.3. The number of hydrogen-bond acceptors (Lipinski definition) is 3. The largest absolute Gasteiger partial charge is 0.378 e. The van der Waals surface area contributed by atoms with Crippen LogP contribution < -0.4 is 10.9 Å². The van der Waals surface area contributed by atoms with Gasteiger partial charge in [-0.05, 0) is 44.4 Å². The molecule has 0 saturated carbocycles. The Kier molecular flexibility index (Phi) is 4.46. The van der Waals surface area contributed by atoms with Crippen molar-refractivity contribution in [2.24, 2.45) is 0 Å². The number of aromatic nitrogens is 2. The van der Waals surface area contributed by atoms with Gasteiger partial charge in [0.05, 0.1) is 17.3 Å². The van der Waals surface area contributed by atoms with Crippen molar-refractivity contribution in [3.63, 3.8) is 0 Å². The Balaban J connectivity index is 2.28. The highest BCUT2D eigenvalue weighted by atomic mass is 16.1. The molecule has 4 heteroatoms. The van der Waals surface area contributed by atoms with E-state index in [0.29, 0.717) is 17.3 Å². The average molecular weight is 285 g/mol. The summed E-state index contributed by atoms with van der Waals surface area (Å²) in [7, 11) is 0. The third-order valence-electron chi connectivity index (χ3n) is 3.63. The van der Waals surface area contributed by atoms with Crippen LogP contribution in [0.25, 0.3) is 0 Å². The molecular weight excluding hydrogens is 262 g/mol. The van der Waals surface area contributed by atoms with Gasteiger partial charge in [0, 0.05) is 5.69 Å². The number of anilines is 1. The molecule has 0 aliphatic carbocycles. The fraction of sp³-hybridized carbons (Fsp3) is 0.412. The van der Waals surface area contributed by atoms with Crippen molar-refractivity contribution >= 4 is 5.69 Å². The van der Waals surface area contributed by atoms with Gasteiger partial charge in [-0.25, -0.2) is 4.98 Å². The van der Waals surface area contributed by atoms with Crippen LogP contribution in [0.2, 0.25) is 0 Å². The third-order valence-corrected chi connectivity index (χ3v) is 3.63. The van der Waals surface area contributed by atoms with E-state index in [1.54, 1.807) is 6.92 Å². The third kappa shape index (κ3) is 3.51. The number of aryl methyl sites for hydroxylation is 2. The molecule has 1 heterocycles. The van der Waals surface area contributed by atoms with Crippen molar-refractivity contribution in [1.29, 1.82) is 0 Å². The van der Waals surface area contributed by atoms with Crippen molar-refractivity contribution in [3.05, 3.63) is 57.3 Å². The van der Waals surface area contributed by atoms with Crippen LogP contribution in [0.3, 0.4) is 0 Å². The molecule has 0 aliphatic rings. The van der Waals surface area contributed by atoms with E-state index in [1.165, 1.54) is 5.56 Å². The van der Waals surface area contributed by atoms with E-state index >= 15 is 0 Å². The molecule has 1 aromatic heterocycles. The minimum Gasteiger partial charge on any atom is -0.378 e. The maximum Gasteiger partial charge on any atom is 0.256 e. The van der Waals surface area contributed by atoms with Gasteiger partial charge < -0.3 is 10.3 Å². The first-order chi connectivity index (χ1) is 9.88. The zero-order valence-corrected chi connectivity index (χ0v) is 13.3. The first kappa shape index (κ1) is 15.3. The number of H-pyrrole nitrogens is 1. The van der Waals surface area contributed by atoms with Crippen molar-refractivity contribution in [3.8, 4) is 0 Å². The van der Waals surface area contributed by atoms with E-state index in [1.807, 2.05) is 26.0 Å². The molecule has 2 rings (SSSR count). The molecule has 0 fully saturated rings. The molecule has 112 valence electrons. The Morgan fingerprint density at radius 2 is 1.90 bits per heavy atom. The minimum atomic E-state index is -0.0933. The van der Waals surface area contributed by atoms with Crippen LogP contribution >= 0.6 is 0 Å². The van der Waals surface area contributed by atoms with Gasteiger partial charge in [-0.3, -0.25) is 4.79 Å². The summed E-state index contributed by atoms with van der Waals surface area (Å²) < 4.78 is 0. The van der Waals surface area contributed by atoms with E-state index in [2.05, 4.69) is 41.3 Å². The van der Waals surface area contributed by atoms with Gasteiger partial charge in [0.1, 0.15) is 5.82 Å². The van der Waals surface area contributed by atoms with E-state index in [-0.39, 0.29) is 11.6 Å². The average Bonchev–Trinajstić information content (AvgIpc) is 2.37. The molecule has 1 atom stereocenters. The molecule has 2 aromatic rings. The molecule has 0 spiro atoms. The molecule has 0 radical (unpaired) electrons. The van der Waals surface area contributed by atoms with Crippen LogP contribution in [-0.2, 0) is 0 Å². The van der Waals surface area contributed by atoms with Gasteiger partial charge in [0.15, 0.2) is 0 Å². The second kappa shape index (κ2) is 6.12. The second-order valence-corrected chi connectivity index (χ2v) is 5.80. The van der Waals surface area contributed by atoms with Crippen LogP contribution in [0, 0.1) is 13.8 Å². The SMILES string of the molecule is Cc1nc(C)c(C(C)Nc2cccc(C(C)C)c2)c(=O)[nH]1. The van der Waals surface area contributed by atoms with Crippen molar-refractivity contribution in [1.82, 2.24) is 9.97 Å². The Morgan fingerprint density at radius 1 is 1.19 bits per heavy atom. The summed E-state index contributed by atoms with van der Waals surface area (Å²) in [4.78, 5) is 19.2. The maximum atomic E-state index is 12.1. The first-order valence-electron chi connectivity index (χ1n) is 7.32. The van der Waals surface area contributed by atoms with E-state index in [4.69, 9.17) is 0 Å². The summed E-state index contributed by atoms with van der Waals surface area (Å²) in [5.41, 5.74) is 3.69. The van der Waals surface area contributed by atoms with Crippen LogP contribution in [0.4, 0.5) is 5.69 Å². The van der Waals surface area contributed by atoms with Crippen LogP contribution in [0.15, 0.2) is 29.1 Å². The minimum absolute atomic E-state index is 0.0694. The summed E-state index contributed by atoms with van der Waals surface area (Å²) >= 11 is 0. The lowest BCUT2D eigenvalue weighted by Gasteiger charge is -2.18. The lowest BCUT2D eigenvalue weighted by atomic mass is 10.0. The lowest BCUT2D eigenvalue weighted by molar-refractivity contribution is 0.811. The Morgan fingerprint density at radius 3 is 2.52 bits per heavy atom. The van der Waals surface area contributed by atoms with E-state index in [0.717, 1.165) is 11.4 Å². The molecule has 4 nitrogen and oxygen atoms in total. The summed E-state index contributed by atoms with van der Waals surface area (Å²) in [6.45, 7) is 9.99. The number of nitrogens with one attached hydrogen (secondary N) is 2. The van der Waals surface area contributed by atoms with Gasteiger partial charge in [-0.2, -0.15) is 0 Å². The molecule has 0 saturated heterocycles. The highest BCUT2D eigenvalue weighted by molar-refractivity contribution is 5.48. The number of benzene rings is 1. The number of aromatic amines is 1. The van der Waals surface area contributed by atoms with E-state index < -0.39 is 0 Å². The fourth-order valence-corrected chi connectivity index (χ4v) is 2.56. The number of nitrogens with zero attached hydrogens (tertiary/aromatic N) is 1. The number of hydrogen-bond donors (Lipinski definition) is 2. The maximum absolute atomic E-state index is 12.1. The molecule has 2 N–H and O–H groups in total. The predicted octanol–water partition coefficient (Wildman–Crippen LogP) is 3.68. The lowest BCUT2D eigenvalue weighted by Crippen LogP contribution is -2.23. The standard InChI is InChI=1S/C17H23N3O/c1-10(2)14-7-6-8-15(9-14)19-12(4)16-11(3)18-13(5)20-17(16)21/h6-10,12,19H,1-5H3,(H,18,20,21). The normalized spacial score (nSPS) is 12.5. The van der Waals surface area contributed by atoms with Gasteiger partial charge in [0.25, 0.3) is 5.56 Å². The van der Waals surface area contributed by atoms with Gasteiger partial charge >= 0.3 is 0 Å². The first-order valence-corrected chi connectivity index (χ1v) is 7.32. The molecule has 0 aliphatic heterocycles. The second-order valence-electron chi connectivity index (χ2n) is 5.80. The van der Waals surface area contributed by atoms with Gasteiger partial charge in [-0.1, -0.05) is 26.0 Å². The molecule has 0 bridgehead atoms. The Labute approximate surface area is 125 Å². The Hall–Kier alpha value is -2.10. The van der Waals surface area contributed by atoms with Crippen molar-refractivity contribution < 1.29 is 0 Å². The Bertz CT molecular complexity index is 689. The van der Waals surface area contributed by atoms with Crippen molar-refractivity contribution in [2.75, 3.05) is 5.32 Å². The summed E-state index contributed by atoms with van der Waals surface area (Å²) in [5, 5.41) is 3.39. The topological polar surface area (TPSA) is 57.8 Å². The summed E-state index contributed by atoms with van der Waals surface area (Å²) in [6.07, 6.45) is 0. The summed E-state index contributed by atoms with van der Waals surface area (Å²) in [5.74, 6) is 1.13. The van der Waals surface area contributed by atoms with Crippen LogP contribution in [0.5, 0.6) is 0 Å². The highest BCUT2D eigenvalue weighted by Crippen LogP contribution is 2.22. The van der Waals surface area contributed by atoms with Gasteiger partial charge in [-0.15, -0.1) is 0 Å². The zero-order chi connectivity index (χ0) is 15.6. The quantitative estimate of drug-likeness (QED) is 0.901. The molecule has 0 amide bonds. The van der Waals surface area contributed by atoms with Crippen LogP contribution in [0.1, 0.15) is 55.4 Å². The van der Waals surface area contributed by atoms with E-state index in [9.17, 15) is 4.79 Å². The molecule has 21 heavy (non-hydrogen) atoms. The summed E-state index contributed by atoms with van der Waals surface area (Å²) in [6, 6.07) is 8.21. The fourth-order valence-electron chi connectivity index (χ4n) is 2.56. The predicted molar refractivity (Wildman–Crippen MR) is 86.9 cm³/mol. The van der Waals surface area contributed by atoms with Crippen molar-refractivity contribution in [2.45, 2.75) is 46.6 Å². The smallest absolute Gasteiger partial charge is 0.256 e. The number of rotatable bonds is 4. The molecule has 1 unspecified atom stereocenters. The van der Waals surface area contributed by atoms with Gasteiger partial charge in [0.2, 0.25) is 0 Å². The molecular formula is C17H23N3O. The molecule has 1 aromatic carbocycles. The van der Waals surface area contributed by atoms with Crippen LogP contribution in [-0.4, -0.2) is 9.97 Å².